The second-order valence-corrected chi connectivity index (χ2v) is 8.09. The molecule has 0 spiro atoms. The van der Waals surface area contributed by atoms with Crippen molar-refractivity contribution in [2.24, 2.45) is 17.6 Å². The molecular formula is C14H28N2O2S. The zero-order valence-corrected chi connectivity index (χ0v) is 12.6. The third-order valence-electron chi connectivity index (χ3n) is 4.72. The summed E-state index contributed by atoms with van der Waals surface area (Å²) < 4.78 is 27.5. The van der Waals surface area contributed by atoms with Gasteiger partial charge in [-0.1, -0.05) is 32.1 Å². The number of sulfonamides is 1. The maximum absolute atomic E-state index is 12.3. The smallest absolute Gasteiger partial charge is 0.212 e. The minimum atomic E-state index is -3.13. The summed E-state index contributed by atoms with van der Waals surface area (Å²) in [7, 11) is -3.13. The molecule has 0 amide bonds. The number of nitrogens with one attached hydrogen (secondary N) is 1. The number of hydrogen-bond donors (Lipinski definition) is 2. The third kappa shape index (κ3) is 4.72. The normalized spacial score (nSPS) is 30.4. The Morgan fingerprint density at radius 2 is 1.58 bits per heavy atom. The van der Waals surface area contributed by atoms with Crippen molar-refractivity contribution in [3.63, 3.8) is 0 Å². The Hall–Kier alpha value is -0.130. The Labute approximate surface area is 117 Å². The van der Waals surface area contributed by atoms with E-state index in [1.807, 2.05) is 0 Å². The van der Waals surface area contributed by atoms with Crippen LogP contribution in [0, 0.1) is 11.8 Å². The molecule has 2 fully saturated rings. The lowest BCUT2D eigenvalue weighted by atomic mass is 9.85. The molecule has 19 heavy (non-hydrogen) atoms. The van der Waals surface area contributed by atoms with Gasteiger partial charge in [0.05, 0.1) is 5.75 Å². The van der Waals surface area contributed by atoms with Crippen molar-refractivity contribution < 1.29 is 8.42 Å². The van der Waals surface area contributed by atoms with Gasteiger partial charge in [0.1, 0.15) is 0 Å². The zero-order chi connectivity index (χ0) is 13.7. The fourth-order valence-corrected chi connectivity index (χ4v) is 5.41. The van der Waals surface area contributed by atoms with Crippen LogP contribution in [0.1, 0.15) is 57.8 Å². The Morgan fingerprint density at radius 3 is 2.26 bits per heavy atom. The van der Waals surface area contributed by atoms with E-state index in [4.69, 9.17) is 5.73 Å². The van der Waals surface area contributed by atoms with Crippen molar-refractivity contribution in [1.82, 2.24) is 4.72 Å². The highest BCUT2D eigenvalue weighted by molar-refractivity contribution is 7.89. The molecule has 2 saturated carbocycles. The zero-order valence-electron chi connectivity index (χ0n) is 11.8. The van der Waals surface area contributed by atoms with Gasteiger partial charge in [-0.05, 0) is 44.1 Å². The lowest BCUT2D eigenvalue weighted by Gasteiger charge is -2.32. The molecule has 0 aromatic carbocycles. The van der Waals surface area contributed by atoms with E-state index in [-0.39, 0.29) is 6.04 Å². The van der Waals surface area contributed by atoms with E-state index in [9.17, 15) is 8.42 Å². The molecule has 2 rings (SSSR count). The highest BCUT2D eigenvalue weighted by Crippen LogP contribution is 2.27. The van der Waals surface area contributed by atoms with Crippen molar-refractivity contribution in [1.29, 1.82) is 0 Å². The van der Waals surface area contributed by atoms with Crippen LogP contribution in [0.2, 0.25) is 0 Å². The van der Waals surface area contributed by atoms with E-state index in [2.05, 4.69) is 4.72 Å². The lowest BCUT2D eigenvalue weighted by Crippen LogP contribution is -2.46. The second kappa shape index (κ2) is 7.04. The van der Waals surface area contributed by atoms with Gasteiger partial charge in [0.2, 0.25) is 10.0 Å². The van der Waals surface area contributed by atoms with E-state index in [1.165, 1.54) is 25.7 Å². The molecule has 4 nitrogen and oxygen atoms in total. The predicted molar refractivity (Wildman–Crippen MR) is 78.3 cm³/mol. The van der Waals surface area contributed by atoms with Gasteiger partial charge in [-0.2, -0.15) is 0 Å². The first-order chi connectivity index (χ1) is 9.11. The lowest BCUT2D eigenvalue weighted by molar-refractivity contribution is 0.294. The number of hydrogen-bond acceptors (Lipinski definition) is 3. The molecule has 112 valence electrons. The van der Waals surface area contributed by atoms with Gasteiger partial charge in [0.15, 0.2) is 0 Å². The summed E-state index contributed by atoms with van der Waals surface area (Å²) in [5.74, 6) is 1.02. The summed E-state index contributed by atoms with van der Waals surface area (Å²) in [6.45, 7) is 0.594. The molecular weight excluding hydrogens is 260 g/mol. The fourth-order valence-electron chi connectivity index (χ4n) is 3.59. The highest BCUT2D eigenvalue weighted by atomic mass is 32.2. The monoisotopic (exact) mass is 288 g/mol. The first-order valence-electron chi connectivity index (χ1n) is 7.81. The molecule has 2 atom stereocenters. The molecule has 2 unspecified atom stereocenters. The SMILES string of the molecule is NCC1CCCCC1NS(=O)(=O)CC1CCCCC1. The van der Waals surface area contributed by atoms with Gasteiger partial charge in [-0.25, -0.2) is 13.1 Å². The van der Waals surface area contributed by atoms with Gasteiger partial charge < -0.3 is 5.73 Å². The molecule has 0 heterocycles. The van der Waals surface area contributed by atoms with Crippen molar-refractivity contribution in [3.8, 4) is 0 Å². The molecule has 0 aromatic heterocycles. The number of rotatable bonds is 5. The molecule has 0 bridgehead atoms. The van der Waals surface area contributed by atoms with E-state index in [0.717, 1.165) is 32.1 Å². The maximum atomic E-state index is 12.3. The summed E-state index contributed by atoms with van der Waals surface area (Å²) in [5, 5.41) is 0. The molecule has 2 aliphatic rings. The van der Waals surface area contributed by atoms with E-state index >= 15 is 0 Å². The summed E-state index contributed by atoms with van der Waals surface area (Å²) in [5.41, 5.74) is 5.76. The maximum Gasteiger partial charge on any atom is 0.212 e. The summed E-state index contributed by atoms with van der Waals surface area (Å²) in [6, 6.07) is 0.0762. The summed E-state index contributed by atoms with van der Waals surface area (Å²) in [6.07, 6.45) is 10.1. The van der Waals surface area contributed by atoms with Gasteiger partial charge >= 0.3 is 0 Å². The minimum Gasteiger partial charge on any atom is -0.330 e. The van der Waals surface area contributed by atoms with Gasteiger partial charge in [0.25, 0.3) is 0 Å². The van der Waals surface area contributed by atoms with Crippen molar-refractivity contribution in [2.45, 2.75) is 63.8 Å². The molecule has 3 N–H and O–H groups in total. The van der Waals surface area contributed by atoms with Crippen LogP contribution in [-0.4, -0.2) is 26.8 Å². The molecule has 2 aliphatic carbocycles. The van der Waals surface area contributed by atoms with E-state index in [1.54, 1.807) is 0 Å². The second-order valence-electron chi connectivity index (χ2n) is 6.29. The first kappa shape index (κ1) is 15.3. The fraction of sp³-hybridized carbons (Fsp3) is 1.00. The van der Waals surface area contributed by atoms with E-state index in [0.29, 0.717) is 24.1 Å². The van der Waals surface area contributed by atoms with Crippen LogP contribution in [0.3, 0.4) is 0 Å². The Bertz CT molecular complexity index is 364. The Morgan fingerprint density at radius 1 is 0.947 bits per heavy atom. The molecule has 0 radical (unpaired) electrons. The molecule has 0 aliphatic heterocycles. The van der Waals surface area contributed by atoms with Gasteiger partial charge in [-0.15, -0.1) is 0 Å². The van der Waals surface area contributed by atoms with Crippen molar-refractivity contribution >= 4 is 10.0 Å². The minimum absolute atomic E-state index is 0.0762. The Balaban J connectivity index is 1.88. The van der Waals surface area contributed by atoms with Crippen LogP contribution in [0.5, 0.6) is 0 Å². The van der Waals surface area contributed by atoms with Crippen LogP contribution in [0.15, 0.2) is 0 Å². The standard InChI is InChI=1S/C14H28N2O2S/c15-10-13-8-4-5-9-14(13)16-19(17,18)11-12-6-2-1-3-7-12/h12-14,16H,1-11,15H2. The molecule has 5 heteroatoms. The topological polar surface area (TPSA) is 72.2 Å². The van der Waals surface area contributed by atoms with Crippen LogP contribution < -0.4 is 10.5 Å². The summed E-state index contributed by atoms with van der Waals surface area (Å²) in [4.78, 5) is 0. The largest absolute Gasteiger partial charge is 0.330 e. The first-order valence-corrected chi connectivity index (χ1v) is 9.46. The highest BCUT2D eigenvalue weighted by Gasteiger charge is 2.29. The summed E-state index contributed by atoms with van der Waals surface area (Å²) >= 11 is 0. The molecule has 0 aromatic rings. The van der Waals surface area contributed by atoms with Crippen LogP contribution in [0.4, 0.5) is 0 Å². The molecule has 0 saturated heterocycles. The average molecular weight is 288 g/mol. The van der Waals surface area contributed by atoms with Crippen molar-refractivity contribution in [2.75, 3.05) is 12.3 Å². The van der Waals surface area contributed by atoms with Crippen LogP contribution in [0.25, 0.3) is 0 Å². The van der Waals surface area contributed by atoms with Crippen molar-refractivity contribution in [3.05, 3.63) is 0 Å². The quantitative estimate of drug-likeness (QED) is 0.813. The predicted octanol–water partition coefficient (Wildman–Crippen LogP) is 2.00. The Kier molecular flexibility index (Phi) is 5.66. The average Bonchev–Trinajstić information content (AvgIpc) is 2.39. The van der Waals surface area contributed by atoms with Crippen LogP contribution >= 0.6 is 0 Å². The van der Waals surface area contributed by atoms with Crippen LogP contribution in [-0.2, 0) is 10.0 Å². The van der Waals surface area contributed by atoms with E-state index < -0.39 is 10.0 Å². The third-order valence-corrected chi connectivity index (χ3v) is 6.29. The number of nitrogens with two attached hydrogens (primary N) is 1. The van der Waals surface area contributed by atoms with Gasteiger partial charge in [0, 0.05) is 6.04 Å². The van der Waals surface area contributed by atoms with Gasteiger partial charge in [-0.3, -0.25) is 0 Å².